The van der Waals surface area contributed by atoms with E-state index in [0.717, 1.165) is 32.8 Å². The van der Waals surface area contributed by atoms with Crippen molar-refractivity contribution < 1.29 is 34.1 Å². The number of aliphatic carboxylic acids is 1. The first-order valence-electron chi connectivity index (χ1n) is 14.3. The van der Waals surface area contributed by atoms with Crippen molar-refractivity contribution in [3.05, 3.63) is 95.1 Å². The number of ether oxygens (including phenoxy) is 2. The van der Waals surface area contributed by atoms with Crippen LogP contribution in [0.1, 0.15) is 67.8 Å². The molecule has 228 valence electrons. The minimum absolute atomic E-state index is 0.0256. The van der Waals surface area contributed by atoms with Gasteiger partial charge in [-0.2, -0.15) is 0 Å². The summed E-state index contributed by atoms with van der Waals surface area (Å²) in [5.74, 6) is -0.471. The van der Waals surface area contributed by atoms with Crippen molar-refractivity contribution in [2.24, 2.45) is 5.92 Å². The second-order valence-corrected chi connectivity index (χ2v) is 11.7. The second kappa shape index (κ2) is 15.7. The fraction of sp³-hybridized carbons (Fsp3) is 0.364. The smallest absolute Gasteiger partial charge is 0.303 e. The number of anilines is 1. The molecule has 3 aromatic carbocycles. The minimum Gasteiger partial charge on any atom is -0.481 e. The first kappa shape index (κ1) is 32.2. The maximum Gasteiger partial charge on any atom is 0.303 e. The summed E-state index contributed by atoms with van der Waals surface area (Å²) in [7, 11) is 0. The van der Waals surface area contributed by atoms with E-state index in [9.17, 15) is 19.5 Å². The van der Waals surface area contributed by atoms with Gasteiger partial charge in [0.2, 0.25) is 11.8 Å². The van der Waals surface area contributed by atoms with E-state index in [4.69, 9.17) is 14.6 Å². The van der Waals surface area contributed by atoms with Crippen LogP contribution in [0.2, 0.25) is 0 Å². The number of rotatable bonds is 13. The number of carbonyl (C=O) groups excluding carboxylic acids is 2. The van der Waals surface area contributed by atoms with E-state index >= 15 is 0 Å². The molecule has 3 aromatic rings. The molecule has 10 heteroatoms. The van der Waals surface area contributed by atoms with Crippen LogP contribution in [0.15, 0.2) is 77.7 Å². The monoisotopic (exact) mass is 606 g/mol. The van der Waals surface area contributed by atoms with E-state index in [0.29, 0.717) is 18.7 Å². The van der Waals surface area contributed by atoms with Crippen molar-refractivity contribution in [3.63, 3.8) is 0 Å². The Labute approximate surface area is 256 Å². The third-order valence-electron chi connectivity index (χ3n) is 7.25. The number of aliphatic hydroxyl groups is 1. The quantitative estimate of drug-likeness (QED) is 0.185. The fourth-order valence-corrected chi connectivity index (χ4v) is 5.88. The van der Waals surface area contributed by atoms with Gasteiger partial charge in [-0.05, 0) is 47.4 Å². The number of hydrogen-bond donors (Lipinski definition) is 4. The molecule has 0 aliphatic carbocycles. The average molecular weight is 607 g/mol. The minimum atomic E-state index is -0.910. The molecule has 1 saturated heterocycles. The first-order chi connectivity index (χ1) is 20.7. The van der Waals surface area contributed by atoms with Gasteiger partial charge in [0.1, 0.15) is 0 Å². The number of carboxylic acids is 1. The van der Waals surface area contributed by atoms with Crippen molar-refractivity contribution in [1.29, 1.82) is 0 Å². The number of nitrogens with one attached hydrogen (secondary N) is 2. The van der Waals surface area contributed by atoms with Crippen LogP contribution in [-0.4, -0.2) is 39.9 Å². The molecule has 0 saturated carbocycles. The summed E-state index contributed by atoms with van der Waals surface area (Å²) < 4.78 is 13.1. The Bertz CT molecular complexity index is 1360. The molecule has 4 N–H and O–H groups in total. The third kappa shape index (κ3) is 9.65. The Kier molecular flexibility index (Phi) is 11.7. The van der Waals surface area contributed by atoms with Crippen LogP contribution in [0, 0.1) is 5.92 Å². The lowest BCUT2D eigenvalue weighted by Crippen LogP contribution is -2.38. The highest BCUT2D eigenvalue weighted by atomic mass is 32.2. The molecule has 4 atom stereocenters. The molecule has 0 unspecified atom stereocenters. The normalized spacial score (nSPS) is 19.9. The number of carboxylic acid groups (broad SMARTS) is 1. The van der Waals surface area contributed by atoms with Gasteiger partial charge in [-0.3, -0.25) is 14.4 Å². The Hall–Kier alpha value is -3.70. The molecule has 1 heterocycles. The molecule has 1 aliphatic rings. The van der Waals surface area contributed by atoms with Crippen LogP contribution in [0.5, 0.6) is 0 Å². The Morgan fingerprint density at radius 1 is 0.860 bits per heavy atom. The lowest BCUT2D eigenvalue weighted by atomic mass is 9.91. The molecule has 0 aromatic heterocycles. The molecular weight excluding hydrogens is 568 g/mol. The zero-order valence-electron chi connectivity index (χ0n) is 24.3. The summed E-state index contributed by atoms with van der Waals surface area (Å²) in [6.07, 6.45) is -0.521. The molecule has 43 heavy (non-hydrogen) atoms. The number of benzene rings is 3. The predicted molar refractivity (Wildman–Crippen MR) is 164 cm³/mol. The Balaban J connectivity index is 1.44. The number of carbonyl (C=O) groups is 3. The summed E-state index contributed by atoms with van der Waals surface area (Å²) in [5, 5.41) is 23.8. The van der Waals surface area contributed by atoms with Gasteiger partial charge in [0, 0.05) is 54.1 Å². The summed E-state index contributed by atoms with van der Waals surface area (Å²) in [6, 6.07) is 23.2. The van der Waals surface area contributed by atoms with E-state index in [2.05, 4.69) is 17.6 Å². The van der Waals surface area contributed by atoms with Gasteiger partial charge < -0.3 is 30.3 Å². The van der Waals surface area contributed by atoms with Crippen LogP contribution in [-0.2, 0) is 37.0 Å². The molecule has 4 rings (SSSR count). The van der Waals surface area contributed by atoms with Gasteiger partial charge in [0.25, 0.3) is 0 Å². The molecule has 0 spiro atoms. The van der Waals surface area contributed by atoms with E-state index in [1.807, 2.05) is 72.8 Å². The van der Waals surface area contributed by atoms with Crippen LogP contribution in [0.4, 0.5) is 5.69 Å². The molecular formula is C33H38N2O7S. The van der Waals surface area contributed by atoms with Crippen molar-refractivity contribution in [2.45, 2.75) is 69.7 Å². The van der Waals surface area contributed by atoms with Gasteiger partial charge >= 0.3 is 5.97 Å². The van der Waals surface area contributed by atoms with Gasteiger partial charge in [-0.15, -0.1) is 11.8 Å². The number of hydrogen-bond acceptors (Lipinski definition) is 7. The van der Waals surface area contributed by atoms with Gasteiger partial charge in [0.05, 0.1) is 18.8 Å². The molecule has 1 fully saturated rings. The predicted octanol–water partition coefficient (Wildman–Crippen LogP) is 5.59. The molecule has 0 radical (unpaired) electrons. The highest BCUT2D eigenvalue weighted by Gasteiger charge is 2.38. The second-order valence-electron chi connectivity index (χ2n) is 10.6. The molecule has 9 nitrogen and oxygen atoms in total. The summed E-state index contributed by atoms with van der Waals surface area (Å²) in [4.78, 5) is 35.1. The van der Waals surface area contributed by atoms with Crippen molar-refractivity contribution in [3.8, 4) is 0 Å². The maximum atomic E-state index is 12.0. The van der Waals surface area contributed by atoms with Gasteiger partial charge in [0.15, 0.2) is 6.29 Å². The summed E-state index contributed by atoms with van der Waals surface area (Å²) >= 11 is 1.68. The van der Waals surface area contributed by atoms with Crippen molar-refractivity contribution >= 4 is 35.2 Å². The number of thioether (sulfide) groups is 1. The number of amides is 2. The van der Waals surface area contributed by atoms with E-state index in [1.54, 1.807) is 11.8 Å². The van der Waals surface area contributed by atoms with Gasteiger partial charge in [-0.1, -0.05) is 55.5 Å². The van der Waals surface area contributed by atoms with Crippen LogP contribution >= 0.6 is 11.8 Å². The SMILES string of the molecule is CC(=O)Nc1ccc(SC[C@@H]2O[C@H](c3ccc(CNC(=O)CCCC(=O)O)cc3)O[C@H](c3ccc(CO)cc3)[C@@H]2C)cc1. The molecule has 1 aliphatic heterocycles. The fourth-order valence-electron chi connectivity index (χ4n) is 4.81. The van der Waals surface area contributed by atoms with E-state index in [-0.39, 0.29) is 49.4 Å². The maximum absolute atomic E-state index is 12.0. The number of aliphatic hydroxyl groups excluding tert-OH is 1. The van der Waals surface area contributed by atoms with Gasteiger partial charge in [-0.25, -0.2) is 0 Å². The highest BCUT2D eigenvalue weighted by molar-refractivity contribution is 7.99. The van der Waals surface area contributed by atoms with Crippen molar-refractivity contribution in [2.75, 3.05) is 11.1 Å². The van der Waals surface area contributed by atoms with E-state index in [1.165, 1.54) is 6.92 Å². The largest absolute Gasteiger partial charge is 0.481 e. The third-order valence-corrected chi connectivity index (χ3v) is 8.35. The summed E-state index contributed by atoms with van der Waals surface area (Å²) in [6.45, 7) is 3.92. The Morgan fingerprint density at radius 2 is 1.51 bits per heavy atom. The first-order valence-corrected chi connectivity index (χ1v) is 15.3. The highest BCUT2D eigenvalue weighted by Crippen LogP contribution is 2.43. The molecule has 2 amide bonds. The van der Waals surface area contributed by atoms with Crippen molar-refractivity contribution in [1.82, 2.24) is 5.32 Å². The summed E-state index contributed by atoms with van der Waals surface area (Å²) in [5.41, 5.74) is 4.36. The lowest BCUT2D eigenvalue weighted by Gasteiger charge is -2.41. The molecule has 0 bridgehead atoms. The van der Waals surface area contributed by atoms with Crippen LogP contribution < -0.4 is 10.6 Å². The standard InChI is InChI=1S/C33H38N2O7S/c1-21-29(20-43-28-16-14-27(15-17-28)35-22(2)37)41-33(42-32(21)25-10-8-24(19-36)9-11-25)26-12-6-23(7-13-26)18-34-30(38)4-3-5-31(39)40/h6-17,21,29,32-33,36H,3-5,18-20H2,1-2H3,(H,34,38)(H,35,37)(H,39,40)/t21-,29+,32+,33+/m1/s1. The zero-order valence-corrected chi connectivity index (χ0v) is 25.1. The lowest BCUT2D eigenvalue weighted by molar-refractivity contribution is -0.268. The average Bonchev–Trinajstić information content (AvgIpc) is 3.00. The Morgan fingerprint density at radius 3 is 2.14 bits per heavy atom. The topological polar surface area (TPSA) is 134 Å². The van der Waals surface area contributed by atoms with Crippen LogP contribution in [0.25, 0.3) is 0 Å². The zero-order chi connectivity index (χ0) is 30.8. The van der Waals surface area contributed by atoms with E-state index < -0.39 is 12.3 Å². The van der Waals surface area contributed by atoms with Crippen LogP contribution in [0.3, 0.4) is 0 Å².